The molecule has 0 unspecified atom stereocenters. The maximum absolute atomic E-state index is 13.1. The molecule has 1 aliphatic rings. The molecule has 0 saturated carbocycles. The van der Waals surface area contributed by atoms with Crippen molar-refractivity contribution in [3.8, 4) is 5.75 Å². The lowest BCUT2D eigenvalue weighted by Gasteiger charge is -2.28. The van der Waals surface area contributed by atoms with E-state index in [2.05, 4.69) is 10.2 Å². The maximum atomic E-state index is 13.1. The van der Waals surface area contributed by atoms with Crippen molar-refractivity contribution in [2.75, 3.05) is 62.5 Å². The lowest BCUT2D eigenvalue weighted by molar-refractivity contribution is -0.113. The molecule has 0 bridgehead atoms. The van der Waals surface area contributed by atoms with E-state index in [1.165, 1.54) is 16.1 Å². The van der Waals surface area contributed by atoms with Crippen molar-refractivity contribution in [2.24, 2.45) is 0 Å². The Bertz CT molecular complexity index is 1030. The van der Waals surface area contributed by atoms with Crippen LogP contribution in [0.25, 0.3) is 0 Å². The molecule has 33 heavy (non-hydrogen) atoms. The maximum Gasteiger partial charge on any atom is 0.243 e. The first-order valence-electron chi connectivity index (χ1n) is 10.9. The Morgan fingerprint density at radius 2 is 1.79 bits per heavy atom. The summed E-state index contributed by atoms with van der Waals surface area (Å²) >= 11 is 1.40. The summed E-state index contributed by atoms with van der Waals surface area (Å²) in [5, 5.41) is 2.93. The number of carbonyl (C=O) groups excluding carboxylic acids is 1. The number of carbonyl (C=O) groups is 1. The van der Waals surface area contributed by atoms with Crippen LogP contribution in [0.2, 0.25) is 0 Å². The van der Waals surface area contributed by atoms with E-state index in [0.717, 1.165) is 29.4 Å². The zero-order valence-electron chi connectivity index (χ0n) is 19.2. The highest BCUT2D eigenvalue weighted by atomic mass is 32.2. The van der Waals surface area contributed by atoms with Crippen LogP contribution in [-0.2, 0) is 19.6 Å². The van der Waals surface area contributed by atoms with Gasteiger partial charge in [-0.15, -0.1) is 11.8 Å². The zero-order valence-corrected chi connectivity index (χ0v) is 20.9. The Morgan fingerprint density at radius 3 is 2.39 bits per heavy atom. The number of nitrogens with zero attached hydrogens (tertiary/aromatic N) is 2. The predicted molar refractivity (Wildman–Crippen MR) is 132 cm³/mol. The quantitative estimate of drug-likeness (QED) is 0.508. The smallest absolute Gasteiger partial charge is 0.243 e. The molecule has 0 spiro atoms. The number of morpholine rings is 1. The summed E-state index contributed by atoms with van der Waals surface area (Å²) in [7, 11) is -2.06. The minimum absolute atomic E-state index is 0.165. The second kappa shape index (κ2) is 11.7. The molecule has 0 aromatic heterocycles. The molecule has 1 heterocycles. The first kappa shape index (κ1) is 25.4. The van der Waals surface area contributed by atoms with Gasteiger partial charge in [0.2, 0.25) is 15.9 Å². The molecule has 0 atom stereocenters. The van der Waals surface area contributed by atoms with Gasteiger partial charge in [-0.2, -0.15) is 4.31 Å². The van der Waals surface area contributed by atoms with Gasteiger partial charge in [0.05, 0.1) is 42.3 Å². The number of nitrogens with one attached hydrogen (secondary N) is 1. The van der Waals surface area contributed by atoms with E-state index in [9.17, 15) is 13.2 Å². The predicted octanol–water partition coefficient (Wildman–Crippen LogP) is 3.29. The fraction of sp³-hybridized carbons (Fsp3) is 0.435. The standard InChI is InChI=1S/C23H31N3O5S2/c1-4-25(5-2)22-11-10-20(33(28,29)26-12-14-31-15-13-26)16-21(22)24-23(27)17-32-19-8-6-18(30-3)7-9-19/h6-11,16H,4-5,12-15,17H2,1-3H3,(H,24,27). The number of thioether (sulfide) groups is 1. The highest BCUT2D eigenvalue weighted by Gasteiger charge is 2.27. The summed E-state index contributed by atoms with van der Waals surface area (Å²) < 4.78 is 38.1. The summed E-state index contributed by atoms with van der Waals surface area (Å²) in [5.41, 5.74) is 1.29. The number of hydrogen-bond donors (Lipinski definition) is 1. The van der Waals surface area contributed by atoms with E-state index in [0.29, 0.717) is 32.0 Å². The number of amides is 1. The third-order valence-corrected chi connectivity index (χ3v) is 8.29. The molecule has 0 radical (unpaired) electrons. The number of hydrogen-bond acceptors (Lipinski definition) is 7. The molecule has 1 aliphatic heterocycles. The Morgan fingerprint density at radius 1 is 1.12 bits per heavy atom. The first-order chi connectivity index (χ1) is 15.9. The topological polar surface area (TPSA) is 88.2 Å². The number of ether oxygens (including phenoxy) is 2. The Balaban J connectivity index is 1.80. The van der Waals surface area contributed by atoms with Gasteiger partial charge in [-0.1, -0.05) is 0 Å². The molecule has 2 aromatic carbocycles. The summed E-state index contributed by atoms with van der Waals surface area (Å²) in [6.45, 7) is 6.90. The lowest BCUT2D eigenvalue weighted by atomic mass is 10.2. The molecule has 1 N–H and O–H groups in total. The van der Waals surface area contributed by atoms with E-state index < -0.39 is 10.0 Å². The fourth-order valence-corrected chi connectivity index (χ4v) is 5.69. The number of sulfonamides is 1. The largest absolute Gasteiger partial charge is 0.497 e. The fourth-order valence-electron chi connectivity index (χ4n) is 3.56. The molecule has 8 nitrogen and oxygen atoms in total. The van der Waals surface area contributed by atoms with Crippen LogP contribution in [0.4, 0.5) is 11.4 Å². The normalized spacial score (nSPS) is 14.6. The molecule has 2 aromatic rings. The van der Waals surface area contributed by atoms with Crippen molar-refractivity contribution in [2.45, 2.75) is 23.6 Å². The number of methoxy groups -OCH3 is 1. The monoisotopic (exact) mass is 493 g/mol. The molecule has 0 aliphatic carbocycles. The SMILES string of the molecule is CCN(CC)c1ccc(S(=O)(=O)N2CCOCC2)cc1NC(=O)CSc1ccc(OC)cc1. The van der Waals surface area contributed by atoms with Gasteiger partial charge in [-0.25, -0.2) is 8.42 Å². The number of benzene rings is 2. The van der Waals surface area contributed by atoms with Gasteiger partial charge >= 0.3 is 0 Å². The first-order valence-corrected chi connectivity index (χ1v) is 13.3. The molecular weight excluding hydrogens is 462 g/mol. The Kier molecular flexibility index (Phi) is 9.02. The minimum atomic E-state index is -3.67. The van der Waals surface area contributed by atoms with Gasteiger partial charge < -0.3 is 19.7 Å². The van der Waals surface area contributed by atoms with Crippen LogP contribution in [0, 0.1) is 0 Å². The van der Waals surface area contributed by atoms with E-state index >= 15 is 0 Å². The lowest BCUT2D eigenvalue weighted by Crippen LogP contribution is -2.40. The van der Waals surface area contributed by atoms with Crippen molar-refractivity contribution in [3.05, 3.63) is 42.5 Å². The van der Waals surface area contributed by atoms with Crippen molar-refractivity contribution < 1.29 is 22.7 Å². The van der Waals surface area contributed by atoms with Crippen LogP contribution < -0.4 is 15.0 Å². The Hall–Kier alpha value is -2.27. The third kappa shape index (κ3) is 6.41. The third-order valence-electron chi connectivity index (χ3n) is 5.38. The van der Waals surface area contributed by atoms with Crippen LogP contribution in [0.5, 0.6) is 5.75 Å². The van der Waals surface area contributed by atoms with E-state index in [-0.39, 0.29) is 16.6 Å². The van der Waals surface area contributed by atoms with Crippen LogP contribution in [0.3, 0.4) is 0 Å². The molecule has 1 saturated heterocycles. The molecule has 1 fully saturated rings. The molecule has 3 rings (SSSR count). The summed E-state index contributed by atoms with van der Waals surface area (Å²) in [6, 6.07) is 12.4. The average molecular weight is 494 g/mol. The van der Waals surface area contributed by atoms with Gasteiger partial charge in [0.15, 0.2) is 0 Å². The average Bonchev–Trinajstić information content (AvgIpc) is 2.85. The van der Waals surface area contributed by atoms with Gasteiger partial charge in [-0.3, -0.25) is 4.79 Å². The highest BCUT2D eigenvalue weighted by molar-refractivity contribution is 8.00. The van der Waals surface area contributed by atoms with Crippen molar-refractivity contribution in [1.82, 2.24) is 4.31 Å². The summed E-state index contributed by atoms with van der Waals surface area (Å²) in [6.07, 6.45) is 0. The van der Waals surface area contributed by atoms with Gasteiger partial charge in [0.25, 0.3) is 0 Å². The van der Waals surface area contributed by atoms with Crippen molar-refractivity contribution >= 4 is 39.1 Å². The molecule has 10 heteroatoms. The molecular formula is C23H31N3O5S2. The highest BCUT2D eigenvalue weighted by Crippen LogP contribution is 2.31. The second-order valence-electron chi connectivity index (χ2n) is 7.38. The van der Waals surface area contributed by atoms with E-state index in [4.69, 9.17) is 9.47 Å². The molecule has 180 valence electrons. The van der Waals surface area contributed by atoms with E-state index in [1.54, 1.807) is 25.3 Å². The Labute approximate surface area is 200 Å². The van der Waals surface area contributed by atoms with Crippen LogP contribution >= 0.6 is 11.8 Å². The van der Waals surface area contributed by atoms with Crippen molar-refractivity contribution in [1.29, 1.82) is 0 Å². The zero-order chi connectivity index (χ0) is 23.8. The van der Waals surface area contributed by atoms with Gasteiger partial charge in [-0.05, 0) is 56.3 Å². The van der Waals surface area contributed by atoms with Crippen molar-refractivity contribution in [3.63, 3.8) is 0 Å². The minimum Gasteiger partial charge on any atom is -0.497 e. The van der Waals surface area contributed by atoms with Crippen LogP contribution in [0.15, 0.2) is 52.3 Å². The molecule has 1 amide bonds. The second-order valence-corrected chi connectivity index (χ2v) is 10.4. The number of anilines is 2. The van der Waals surface area contributed by atoms with Crippen LogP contribution in [-0.4, -0.2) is 70.9 Å². The van der Waals surface area contributed by atoms with Gasteiger partial charge in [0, 0.05) is 31.1 Å². The van der Waals surface area contributed by atoms with Crippen LogP contribution in [0.1, 0.15) is 13.8 Å². The van der Waals surface area contributed by atoms with Gasteiger partial charge in [0.1, 0.15) is 5.75 Å². The number of rotatable bonds is 10. The summed E-state index contributed by atoms with van der Waals surface area (Å²) in [5.74, 6) is 0.751. The summed E-state index contributed by atoms with van der Waals surface area (Å²) in [4.78, 5) is 16.0. The van der Waals surface area contributed by atoms with E-state index in [1.807, 2.05) is 38.1 Å².